The zero-order valence-electron chi connectivity index (χ0n) is 13.1. The van der Waals surface area contributed by atoms with E-state index in [1.165, 1.54) is 0 Å². The maximum absolute atomic E-state index is 10.9. The van der Waals surface area contributed by atoms with Crippen molar-refractivity contribution in [2.24, 2.45) is 0 Å². The predicted molar refractivity (Wildman–Crippen MR) is 94.6 cm³/mol. The Kier molecular flexibility index (Phi) is 2.84. The Morgan fingerprint density at radius 3 is 2.68 bits per heavy atom. The van der Waals surface area contributed by atoms with Crippen molar-refractivity contribution < 1.29 is 5.21 Å². The molecular formula is C19H13N5O. The Balaban J connectivity index is 1.87. The maximum Gasteiger partial charge on any atom is 0.176 e. The van der Waals surface area contributed by atoms with Gasteiger partial charge in [-0.2, -0.15) is 4.73 Å². The van der Waals surface area contributed by atoms with Crippen molar-refractivity contribution in [1.29, 1.82) is 0 Å². The van der Waals surface area contributed by atoms with Crippen LogP contribution in [-0.4, -0.2) is 24.9 Å². The Morgan fingerprint density at radius 2 is 1.80 bits per heavy atom. The summed E-state index contributed by atoms with van der Waals surface area (Å²) in [4.78, 5) is 13.3. The first kappa shape index (κ1) is 13.7. The minimum Gasteiger partial charge on any atom is -0.426 e. The van der Waals surface area contributed by atoms with Crippen LogP contribution >= 0.6 is 0 Å². The summed E-state index contributed by atoms with van der Waals surface area (Å²) in [6.45, 7) is 0. The van der Waals surface area contributed by atoms with Crippen molar-refractivity contribution in [3.05, 3.63) is 67.1 Å². The van der Waals surface area contributed by atoms with Crippen LogP contribution in [0, 0.1) is 0 Å². The molecule has 6 nitrogen and oxygen atoms in total. The molecule has 0 radical (unpaired) electrons. The summed E-state index contributed by atoms with van der Waals surface area (Å²) < 4.78 is 1.15. The highest BCUT2D eigenvalue weighted by atomic mass is 16.5. The van der Waals surface area contributed by atoms with E-state index in [-0.39, 0.29) is 0 Å². The fraction of sp³-hybridized carbons (Fsp3) is 0. The second-order valence-electron chi connectivity index (χ2n) is 5.76. The van der Waals surface area contributed by atoms with E-state index in [4.69, 9.17) is 4.98 Å². The first-order chi connectivity index (χ1) is 12.3. The highest BCUT2D eigenvalue weighted by molar-refractivity contribution is 5.95. The third kappa shape index (κ3) is 2.01. The van der Waals surface area contributed by atoms with Crippen molar-refractivity contribution in [2.75, 3.05) is 5.32 Å². The van der Waals surface area contributed by atoms with E-state index in [2.05, 4.69) is 15.3 Å². The number of rotatable bonds is 1. The minimum absolute atomic E-state index is 0.491. The van der Waals surface area contributed by atoms with Crippen molar-refractivity contribution in [3.8, 4) is 33.9 Å². The Labute approximate surface area is 143 Å². The van der Waals surface area contributed by atoms with Crippen LogP contribution in [0.15, 0.2) is 67.1 Å². The number of imidazole rings is 1. The summed E-state index contributed by atoms with van der Waals surface area (Å²) >= 11 is 0. The third-order valence-corrected chi connectivity index (χ3v) is 4.28. The van der Waals surface area contributed by atoms with Crippen LogP contribution in [0.3, 0.4) is 0 Å². The fourth-order valence-corrected chi connectivity index (χ4v) is 3.14. The highest BCUT2D eigenvalue weighted by Crippen LogP contribution is 2.43. The molecule has 4 heterocycles. The third-order valence-electron chi connectivity index (χ3n) is 4.28. The van der Waals surface area contributed by atoms with Crippen LogP contribution in [0.25, 0.3) is 33.9 Å². The van der Waals surface area contributed by atoms with Gasteiger partial charge >= 0.3 is 0 Å². The monoisotopic (exact) mass is 327 g/mol. The largest absolute Gasteiger partial charge is 0.426 e. The van der Waals surface area contributed by atoms with E-state index in [1.54, 1.807) is 18.6 Å². The van der Waals surface area contributed by atoms with Crippen LogP contribution in [0.2, 0.25) is 0 Å². The zero-order valence-corrected chi connectivity index (χ0v) is 13.1. The Morgan fingerprint density at radius 1 is 0.920 bits per heavy atom. The lowest BCUT2D eigenvalue weighted by atomic mass is 10.1. The van der Waals surface area contributed by atoms with E-state index in [0.29, 0.717) is 23.0 Å². The molecule has 120 valence electrons. The van der Waals surface area contributed by atoms with Gasteiger partial charge in [-0.1, -0.05) is 30.3 Å². The Hall–Kier alpha value is -3.67. The first-order valence-electron chi connectivity index (χ1n) is 7.87. The van der Waals surface area contributed by atoms with Crippen molar-refractivity contribution in [2.45, 2.75) is 0 Å². The number of pyridine rings is 2. The van der Waals surface area contributed by atoms with Gasteiger partial charge < -0.3 is 10.5 Å². The molecule has 1 aliphatic heterocycles. The molecule has 1 aromatic carbocycles. The topological polar surface area (TPSA) is 75.9 Å². The van der Waals surface area contributed by atoms with Crippen LogP contribution in [0.5, 0.6) is 0 Å². The van der Waals surface area contributed by atoms with Crippen LogP contribution in [-0.2, 0) is 0 Å². The molecule has 0 bridgehead atoms. The van der Waals surface area contributed by atoms with Gasteiger partial charge in [0, 0.05) is 29.1 Å². The number of anilines is 2. The summed E-state index contributed by atoms with van der Waals surface area (Å²) in [5.74, 6) is 1.18. The number of aromatic nitrogens is 4. The molecule has 1 aliphatic rings. The molecular weight excluding hydrogens is 314 g/mol. The minimum atomic E-state index is 0.491. The predicted octanol–water partition coefficient (Wildman–Crippen LogP) is 3.97. The van der Waals surface area contributed by atoms with Gasteiger partial charge in [0.05, 0.1) is 11.9 Å². The molecule has 3 aromatic heterocycles. The van der Waals surface area contributed by atoms with E-state index in [9.17, 15) is 5.21 Å². The standard InChI is InChI=1S/C19H13N5O/c25-24-17-13-8-10-20-11-15(13)22-18-14(7-4-9-21-18)16(17)23-19(24)12-5-2-1-3-6-12/h1-11,25H,(H,21,22). The molecule has 5 rings (SSSR count). The number of hydrogen-bond donors (Lipinski definition) is 2. The summed E-state index contributed by atoms with van der Waals surface area (Å²) in [6, 6.07) is 15.3. The van der Waals surface area contributed by atoms with Gasteiger partial charge in [-0.3, -0.25) is 4.98 Å². The van der Waals surface area contributed by atoms with Crippen LogP contribution < -0.4 is 5.32 Å². The van der Waals surface area contributed by atoms with Gasteiger partial charge in [0.25, 0.3) is 0 Å². The number of fused-ring (bicyclic) bond motifs is 5. The first-order valence-corrected chi connectivity index (χ1v) is 7.87. The van der Waals surface area contributed by atoms with E-state index >= 15 is 0 Å². The molecule has 0 spiro atoms. The van der Waals surface area contributed by atoms with Gasteiger partial charge in [0.15, 0.2) is 5.82 Å². The second-order valence-corrected chi connectivity index (χ2v) is 5.76. The molecule has 0 atom stereocenters. The maximum atomic E-state index is 10.9. The molecule has 0 amide bonds. The molecule has 0 saturated heterocycles. The van der Waals surface area contributed by atoms with Crippen molar-refractivity contribution >= 4 is 11.5 Å². The number of nitrogens with zero attached hydrogens (tertiary/aromatic N) is 4. The summed E-state index contributed by atoms with van der Waals surface area (Å²) in [7, 11) is 0. The molecule has 4 aromatic rings. The van der Waals surface area contributed by atoms with Crippen molar-refractivity contribution in [3.63, 3.8) is 0 Å². The van der Waals surface area contributed by atoms with Crippen LogP contribution in [0.4, 0.5) is 11.5 Å². The average Bonchev–Trinajstić information content (AvgIpc) is 2.93. The van der Waals surface area contributed by atoms with E-state index in [0.717, 1.165) is 27.1 Å². The zero-order chi connectivity index (χ0) is 16.8. The van der Waals surface area contributed by atoms with Gasteiger partial charge in [-0.05, 0) is 18.2 Å². The number of benzene rings is 1. The average molecular weight is 327 g/mol. The fourth-order valence-electron chi connectivity index (χ4n) is 3.14. The lowest BCUT2D eigenvalue weighted by Crippen LogP contribution is -1.99. The normalized spacial score (nSPS) is 11.7. The van der Waals surface area contributed by atoms with Gasteiger partial charge in [0.1, 0.15) is 17.2 Å². The van der Waals surface area contributed by atoms with E-state index in [1.807, 2.05) is 48.5 Å². The molecule has 0 aliphatic carbocycles. The van der Waals surface area contributed by atoms with Gasteiger partial charge in [-0.25, -0.2) is 9.97 Å². The van der Waals surface area contributed by atoms with Crippen molar-refractivity contribution in [1.82, 2.24) is 19.7 Å². The van der Waals surface area contributed by atoms with Gasteiger partial charge in [0.2, 0.25) is 0 Å². The quantitative estimate of drug-likeness (QED) is 0.456. The van der Waals surface area contributed by atoms with Gasteiger partial charge in [-0.15, -0.1) is 0 Å². The SMILES string of the molecule is On1c(-c2ccccc2)nc2c1-c1ccncc1Nc1ncccc1-2. The lowest BCUT2D eigenvalue weighted by Gasteiger charge is -2.09. The summed E-state index contributed by atoms with van der Waals surface area (Å²) in [5, 5.41) is 14.2. The smallest absolute Gasteiger partial charge is 0.176 e. The molecule has 0 unspecified atom stereocenters. The summed E-state index contributed by atoms with van der Waals surface area (Å²) in [5.41, 5.74) is 4.57. The summed E-state index contributed by atoms with van der Waals surface area (Å²) in [6.07, 6.45) is 5.14. The molecule has 0 saturated carbocycles. The molecule has 25 heavy (non-hydrogen) atoms. The molecule has 0 fully saturated rings. The van der Waals surface area contributed by atoms with Crippen LogP contribution in [0.1, 0.15) is 0 Å². The molecule has 2 N–H and O–H groups in total. The number of hydrogen-bond acceptors (Lipinski definition) is 5. The lowest BCUT2D eigenvalue weighted by molar-refractivity contribution is 0.195. The Bertz CT molecular complexity index is 1090. The molecule has 6 heteroatoms. The van der Waals surface area contributed by atoms with E-state index < -0.39 is 0 Å². The highest BCUT2D eigenvalue weighted by Gasteiger charge is 2.27. The number of nitrogens with one attached hydrogen (secondary N) is 1. The second kappa shape index (κ2) is 5.17.